The maximum atomic E-state index is 8.79. The van der Waals surface area contributed by atoms with E-state index in [0.29, 0.717) is 11.9 Å². The van der Waals surface area contributed by atoms with Crippen LogP contribution in [0, 0.1) is 0 Å². The van der Waals surface area contributed by atoms with Crippen LogP contribution in [0.15, 0.2) is 29.2 Å². The highest BCUT2D eigenvalue weighted by atomic mass is 32.2. The van der Waals surface area contributed by atoms with E-state index in [-0.39, 0.29) is 0 Å². The van der Waals surface area contributed by atoms with Gasteiger partial charge in [0.2, 0.25) is 0 Å². The van der Waals surface area contributed by atoms with Gasteiger partial charge in [-0.25, -0.2) is 0 Å². The molecule has 1 unspecified atom stereocenters. The molecule has 2 heteroatoms. The Kier molecular flexibility index (Phi) is 2.38. The van der Waals surface area contributed by atoms with Gasteiger partial charge in [0, 0.05) is 16.8 Å². The van der Waals surface area contributed by atoms with Crippen LogP contribution in [0.3, 0.4) is 0 Å². The third-order valence-corrected chi connectivity index (χ3v) is 3.55. The Labute approximate surface area is 76.8 Å². The molecular formula is C10H12OS. The summed E-state index contributed by atoms with van der Waals surface area (Å²) >= 11 is 1.90. The van der Waals surface area contributed by atoms with Crippen molar-refractivity contribution < 1.29 is 5.11 Å². The summed E-state index contributed by atoms with van der Waals surface area (Å²) in [6, 6.07) is 8.50. The van der Waals surface area contributed by atoms with Gasteiger partial charge in [0.25, 0.3) is 0 Å². The molecule has 1 aromatic rings. The minimum atomic E-state index is 0.311. The van der Waals surface area contributed by atoms with Crippen molar-refractivity contribution in [2.75, 3.05) is 6.61 Å². The summed E-state index contributed by atoms with van der Waals surface area (Å²) in [6.45, 7) is 0.311. The molecule has 0 radical (unpaired) electrons. The average molecular weight is 180 g/mol. The lowest BCUT2D eigenvalue weighted by Gasteiger charge is -2.03. The molecule has 0 aromatic heterocycles. The van der Waals surface area contributed by atoms with Crippen molar-refractivity contribution >= 4 is 11.8 Å². The first-order valence-corrected chi connectivity index (χ1v) is 5.13. The SMILES string of the molecule is OCCC1Cc2ccccc2S1. The van der Waals surface area contributed by atoms with Gasteiger partial charge in [0.15, 0.2) is 0 Å². The van der Waals surface area contributed by atoms with Crippen LogP contribution < -0.4 is 0 Å². The van der Waals surface area contributed by atoms with Crippen LogP contribution in [0.4, 0.5) is 0 Å². The zero-order chi connectivity index (χ0) is 8.39. The Morgan fingerprint density at radius 1 is 1.42 bits per heavy atom. The smallest absolute Gasteiger partial charge is 0.0441 e. The molecule has 0 aliphatic carbocycles. The van der Waals surface area contributed by atoms with Crippen LogP contribution in [0.5, 0.6) is 0 Å². The second kappa shape index (κ2) is 3.50. The van der Waals surface area contributed by atoms with Crippen LogP contribution >= 0.6 is 11.8 Å². The van der Waals surface area contributed by atoms with Gasteiger partial charge < -0.3 is 5.11 Å². The normalized spacial score (nSPS) is 20.9. The van der Waals surface area contributed by atoms with Gasteiger partial charge >= 0.3 is 0 Å². The highest BCUT2D eigenvalue weighted by molar-refractivity contribution is 8.00. The molecule has 0 saturated heterocycles. The van der Waals surface area contributed by atoms with Crippen molar-refractivity contribution in [3.8, 4) is 0 Å². The zero-order valence-corrected chi connectivity index (χ0v) is 7.68. The minimum Gasteiger partial charge on any atom is -0.396 e. The molecule has 1 nitrogen and oxygen atoms in total. The van der Waals surface area contributed by atoms with Crippen molar-refractivity contribution in [1.29, 1.82) is 0 Å². The molecule has 1 aromatic carbocycles. The molecule has 0 fully saturated rings. The molecule has 2 rings (SSSR count). The Bertz CT molecular complexity index is 247. The third kappa shape index (κ3) is 1.50. The van der Waals surface area contributed by atoms with Crippen LogP contribution in [0.2, 0.25) is 0 Å². The molecule has 1 heterocycles. The van der Waals surface area contributed by atoms with E-state index in [4.69, 9.17) is 5.11 Å². The first kappa shape index (κ1) is 8.14. The molecule has 64 valence electrons. The van der Waals surface area contributed by atoms with E-state index in [9.17, 15) is 0 Å². The van der Waals surface area contributed by atoms with Crippen molar-refractivity contribution in [2.45, 2.75) is 23.0 Å². The third-order valence-electron chi connectivity index (χ3n) is 2.16. The number of thioether (sulfide) groups is 1. The molecule has 0 saturated carbocycles. The van der Waals surface area contributed by atoms with Gasteiger partial charge in [-0.05, 0) is 24.5 Å². The topological polar surface area (TPSA) is 20.2 Å². The Morgan fingerprint density at radius 2 is 2.25 bits per heavy atom. The predicted octanol–water partition coefficient (Wildman–Crippen LogP) is 2.09. The first-order valence-electron chi connectivity index (χ1n) is 4.25. The molecule has 1 aliphatic rings. The molecule has 1 N–H and O–H groups in total. The lowest BCUT2D eigenvalue weighted by Crippen LogP contribution is -2.02. The van der Waals surface area contributed by atoms with Crippen molar-refractivity contribution in [3.05, 3.63) is 29.8 Å². The van der Waals surface area contributed by atoms with Gasteiger partial charge in [-0.2, -0.15) is 0 Å². The van der Waals surface area contributed by atoms with Crippen molar-refractivity contribution in [3.63, 3.8) is 0 Å². The summed E-state index contributed by atoms with van der Waals surface area (Å²) in [5.74, 6) is 0. The maximum absolute atomic E-state index is 8.79. The fraction of sp³-hybridized carbons (Fsp3) is 0.400. The number of benzene rings is 1. The summed E-state index contributed by atoms with van der Waals surface area (Å²) in [7, 11) is 0. The van der Waals surface area contributed by atoms with Crippen LogP contribution in [0.1, 0.15) is 12.0 Å². The zero-order valence-electron chi connectivity index (χ0n) is 6.86. The fourth-order valence-corrected chi connectivity index (χ4v) is 2.86. The Hall–Kier alpha value is -0.470. The first-order chi connectivity index (χ1) is 5.90. The van der Waals surface area contributed by atoms with Crippen molar-refractivity contribution in [1.82, 2.24) is 0 Å². The maximum Gasteiger partial charge on any atom is 0.0441 e. The predicted molar refractivity (Wildman–Crippen MR) is 51.5 cm³/mol. The second-order valence-electron chi connectivity index (χ2n) is 3.06. The number of aliphatic hydroxyl groups excluding tert-OH is 1. The van der Waals surface area contributed by atoms with E-state index in [1.807, 2.05) is 11.8 Å². The summed E-state index contributed by atoms with van der Waals surface area (Å²) in [5, 5.41) is 9.40. The van der Waals surface area contributed by atoms with Crippen LogP contribution in [-0.4, -0.2) is 17.0 Å². The fourth-order valence-electron chi connectivity index (χ4n) is 1.56. The van der Waals surface area contributed by atoms with Crippen LogP contribution in [0.25, 0.3) is 0 Å². The Morgan fingerprint density at radius 3 is 3.00 bits per heavy atom. The van der Waals surface area contributed by atoms with Crippen LogP contribution in [-0.2, 0) is 6.42 Å². The molecule has 0 spiro atoms. The van der Waals surface area contributed by atoms with E-state index in [0.717, 1.165) is 12.8 Å². The minimum absolute atomic E-state index is 0.311. The molecule has 12 heavy (non-hydrogen) atoms. The summed E-state index contributed by atoms with van der Waals surface area (Å²) in [5.41, 5.74) is 1.45. The van der Waals surface area contributed by atoms with Gasteiger partial charge in [-0.3, -0.25) is 0 Å². The van der Waals surface area contributed by atoms with E-state index in [1.165, 1.54) is 10.5 Å². The molecule has 0 bridgehead atoms. The number of fused-ring (bicyclic) bond motifs is 1. The van der Waals surface area contributed by atoms with Gasteiger partial charge in [-0.1, -0.05) is 18.2 Å². The van der Waals surface area contributed by atoms with E-state index in [2.05, 4.69) is 24.3 Å². The number of hydrogen-bond acceptors (Lipinski definition) is 2. The molecule has 1 atom stereocenters. The quantitative estimate of drug-likeness (QED) is 0.752. The monoisotopic (exact) mass is 180 g/mol. The van der Waals surface area contributed by atoms with E-state index in [1.54, 1.807) is 0 Å². The summed E-state index contributed by atoms with van der Waals surface area (Å²) in [6.07, 6.45) is 2.04. The average Bonchev–Trinajstić information content (AvgIpc) is 2.47. The number of hydrogen-bond donors (Lipinski definition) is 1. The summed E-state index contributed by atoms with van der Waals surface area (Å²) in [4.78, 5) is 1.40. The highest BCUT2D eigenvalue weighted by Crippen LogP contribution is 2.37. The molecule has 0 amide bonds. The van der Waals surface area contributed by atoms with E-state index < -0.39 is 0 Å². The number of aliphatic hydroxyl groups is 1. The van der Waals surface area contributed by atoms with Gasteiger partial charge in [0.05, 0.1) is 0 Å². The summed E-state index contributed by atoms with van der Waals surface area (Å²) < 4.78 is 0. The standard InChI is InChI=1S/C10H12OS/c11-6-5-9-7-8-3-1-2-4-10(8)12-9/h1-4,9,11H,5-7H2. The molecule has 1 aliphatic heterocycles. The lowest BCUT2D eigenvalue weighted by atomic mass is 10.1. The second-order valence-corrected chi connectivity index (χ2v) is 4.41. The van der Waals surface area contributed by atoms with Gasteiger partial charge in [-0.15, -0.1) is 11.8 Å². The lowest BCUT2D eigenvalue weighted by molar-refractivity contribution is 0.287. The largest absolute Gasteiger partial charge is 0.396 e. The Balaban J connectivity index is 2.11. The van der Waals surface area contributed by atoms with E-state index >= 15 is 0 Å². The van der Waals surface area contributed by atoms with Crippen molar-refractivity contribution in [2.24, 2.45) is 0 Å². The molecular weight excluding hydrogens is 168 g/mol. The number of rotatable bonds is 2. The van der Waals surface area contributed by atoms with Gasteiger partial charge in [0.1, 0.15) is 0 Å². The highest BCUT2D eigenvalue weighted by Gasteiger charge is 2.20.